The molecule has 0 radical (unpaired) electrons. The van der Waals surface area contributed by atoms with Crippen molar-refractivity contribution in [2.24, 2.45) is 19.0 Å². The summed E-state index contributed by atoms with van der Waals surface area (Å²) >= 11 is 0. The summed E-state index contributed by atoms with van der Waals surface area (Å²) in [7, 11) is -6.84. The summed E-state index contributed by atoms with van der Waals surface area (Å²) < 4.78 is 48.6. The van der Waals surface area contributed by atoms with Gasteiger partial charge in [-0.25, -0.2) is 28.3 Å². The summed E-state index contributed by atoms with van der Waals surface area (Å²) in [6.45, 7) is 3.08. The van der Waals surface area contributed by atoms with E-state index in [1.54, 1.807) is 9.36 Å². The number of urea groups is 2. The maximum Gasteiger partial charge on any atom is 0.354 e. The second kappa shape index (κ2) is 16.0. The van der Waals surface area contributed by atoms with Crippen LogP contribution in [0.3, 0.4) is 0 Å². The van der Waals surface area contributed by atoms with E-state index in [9.17, 15) is 18.0 Å². The van der Waals surface area contributed by atoms with Crippen molar-refractivity contribution in [2.75, 3.05) is 23.8 Å². The van der Waals surface area contributed by atoms with Crippen LogP contribution in [-0.2, 0) is 107 Å². The molecule has 4 amide bonds. The molecular formula is C40H50N10O6S2. The predicted octanol–water partition coefficient (Wildman–Crippen LogP) is 5.43. The van der Waals surface area contributed by atoms with Gasteiger partial charge in [-0.2, -0.15) is 10.2 Å². The zero-order valence-corrected chi connectivity index (χ0v) is 34.2. The molecule has 2 aliphatic heterocycles. The maximum atomic E-state index is 13.1. The van der Waals surface area contributed by atoms with Gasteiger partial charge in [0.05, 0.1) is 37.0 Å². The van der Waals surface area contributed by atoms with Gasteiger partial charge in [-0.1, -0.05) is 12.1 Å². The minimum atomic E-state index is -3.42. The van der Waals surface area contributed by atoms with E-state index in [-0.39, 0.29) is 23.0 Å². The molecule has 16 nitrogen and oxygen atoms in total. The first kappa shape index (κ1) is 39.0. The van der Waals surface area contributed by atoms with Gasteiger partial charge in [-0.15, -0.1) is 8.73 Å². The second-order valence-corrected chi connectivity index (χ2v) is 19.3. The number of hydrogen-bond acceptors (Lipinski definition) is 8. The molecule has 18 heteroatoms. The fourth-order valence-corrected chi connectivity index (χ4v) is 11.6. The van der Waals surface area contributed by atoms with Crippen LogP contribution in [0.25, 0.3) is 0 Å². The highest BCUT2D eigenvalue weighted by atomic mass is 32.2. The molecule has 0 bridgehead atoms. The summed E-state index contributed by atoms with van der Waals surface area (Å²) in [5.74, 6) is 0. The van der Waals surface area contributed by atoms with Crippen molar-refractivity contribution in [1.29, 1.82) is 0 Å². The third-order valence-electron chi connectivity index (χ3n) is 12.1. The molecule has 4 aliphatic carbocycles. The summed E-state index contributed by atoms with van der Waals surface area (Å²) in [6.07, 6.45) is 16.9. The number of ether oxygens (including phenoxy) is 2. The van der Waals surface area contributed by atoms with E-state index < -0.39 is 31.9 Å². The second-order valence-electron chi connectivity index (χ2n) is 15.8. The Balaban J connectivity index is 0.000000150. The third kappa shape index (κ3) is 7.61. The van der Waals surface area contributed by atoms with Crippen molar-refractivity contribution >= 4 is 43.3 Å². The van der Waals surface area contributed by atoms with Crippen LogP contribution in [0, 0.1) is 0 Å². The number of benzene rings is 2. The Bertz CT molecular complexity index is 2340. The fourth-order valence-electron chi connectivity index (χ4n) is 9.46. The molecule has 0 saturated heterocycles. The van der Waals surface area contributed by atoms with Crippen LogP contribution in [0.5, 0.6) is 0 Å². The number of aromatic nitrogens is 4. The van der Waals surface area contributed by atoms with Crippen molar-refractivity contribution in [3.63, 3.8) is 0 Å². The number of aryl methyl sites for hydroxylation is 6. The summed E-state index contributed by atoms with van der Waals surface area (Å²) in [5, 5.41) is 26.4. The van der Waals surface area contributed by atoms with Crippen LogP contribution in [0.15, 0.2) is 43.0 Å². The van der Waals surface area contributed by atoms with E-state index >= 15 is 0 Å². The average Bonchev–Trinajstić information content (AvgIpc) is 4.04. The van der Waals surface area contributed by atoms with Crippen molar-refractivity contribution in [2.45, 2.75) is 126 Å². The number of nitrogens with one attached hydrogen (secondary N) is 2. The Labute approximate surface area is 338 Å². The third-order valence-corrected chi connectivity index (χ3v) is 14.9. The molecule has 2 atom stereocenters. The molecule has 58 heavy (non-hydrogen) atoms. The number of anilines is 2. The first-order chi connectivity index (χ1) is 28.1. The first-order valence-electron chi connectivity index (χ1n) is 20.4. The van der Waals surface area contributed by atoms with Crippen LogP contribution in [0.1, 0.15) is 94.4 Å². The zero-order chi connectivity index (χ0) is 40.0. The Kier molecular flexibility index (Phi) is 10.7. The van der Waals surface area contributed by atoms with E-state index in [0.29, 0.717) is 37.7 Å². The smallest absolute Gasteiger partial charge is 0.354 e. The number of nitrogens with two attached hydrogens (primary N) is 2. The lowest BCUT2D eigenvalue weighted by Gasteiger charge is -2.15. The molecule has 0 spiro atoms. The highest BCUT2D eigenvalue weighted by Gasteiger charge is 2.29. The zero-order valence-electron chi connectivity index (χ0n) is 32.6. The minimum Gasteiger partial charge on any atom is -0.375 e. The van der Waals surface area contributed by atoms with Crippen LogP contribution >= 0.6 is 0 Å². The molecule has 6 aliphatic rings. The summed E-state index contributed by atoms with van der Waals surface area (Å²) in [4.78, 5) is 26.1. The lowest BCUT2D eigenvalue weighted by atomic mass is 9.99. The van der Waals surface area contributed by atoms with Crippen molar-refractivity contribution in [3.05, 3.63) is 80.4 Å². The number of fused-ring (bicyclic) bond motifs is 6. The molecule has 2 aromatic carbocycles. The van der Waals surface area contributed by atoms with E-state index in [4.69, 9.17) is 19.8 Å². The molecule has 4 aromatic rings. The molecule has 2 aromatic heterocycles. The largest absolute Gasteiger partial charge is 0.375 e. The quantitative estimate of drug-likeness (QED) is 0.207. The number of carbonyl (C=O) groups is 2. The van der Waals surface area contributed by atoms with E-state index in [1.165, 1.54) is 56.9 Å². The van der Waals surface area contributed by atoms with Gasteiger partial charge in [0.25, 0.3) is 0 Å². The Morgan fingerprint density at radius 2 is 0.948 bits per heavy atom. The number of amides is 4. The van der Waals surface area contributed by atoms with Crippen molar-refractivity contribution in [3.8, 4) is 0 Å². The monoisotopic (exact) mass is 830 g/mol. The predicted molar refractivity (Wildman–Crippen MR) is 218 cm³/mol. The van der Waals surface area contributed by atoms with Gasteiger partial charge in [-0.3, -0.25) is 9.36 Å². The molecule has 4 heterocycles. The normalized spacial score (nSPS) is 19.6. The standard InChI is InChI=1S/2C20H25N5O3S/c2*21-29(27,18-11-22-25-8-3-9-28-12-17(18)25)24-20(26)23-19-15-6-1-4-13(15)10-14-5-2-7-16(14)19/h2*10-11H,1-9,12H2,(H3,21,23,24,26,27). The van der Waals surface area contributed by atoms with Gasteiger partial charge in [0.15, 0.2) is 0 Å². The molecule has 2 unspecified atom stereocenters. The van der Waals surface area contributed by atoms with Crippen LogP contribution in [0.2, 0.25) is 0 Å². The number of nitrogens with zero attached hydrogens (tertiary/aromatic N) is 6. The molecule has 10 rings (SSSR count). The van der Waals surface area contributed by atoms with Gasteiger partial charge < -0.3 is 20.1 Å². The average molecular weight is 831 g/mol. The highest BCUT2D eigenvalue weighted by Crippen LogP contribution is 2.40. The van der Waals surface area contributed by atoms with E-state index in [2.05, 4.69) is 41.7 Å². The van der Waals surface area contributed by atoms with Gasteiger partial charge in [0.1, 0.15) is 29.6 Å². The number of hydrogen-bond donors (Lipinski definition) is 4. The molecule has 0 saturated carbocycles. The van der Waals surface area contributed by atoms with Crippen molar-refractivity contribution < 1.29 is 27.5 Å². The maximum absolute atomic E-state index is 13.1. The van der Waals surface area contributed by atoms with E-state index in [1.807, 2.05) is 0 Å². The van der Waals surface area contributed by atoms with E-state index in [0.717, 1.165) is 101 Å². The Hall–Kier alpha value is -4.46. The fraction of sp³-hybridized carbons (Fsp3) is 0.500. The lowest BCUT2D eigenvalue weighted by molar-refractivity contribution is 0.123. The van der Waals surface area contributed by atoms with Crippen molar-refractivity contribution in [1.82, 2.24) is 19.6 Å². The summed E-state index contributed by atoms with van der Waals surface area (Å²) in [5.41, 5.74) is 13.1. The van der Waals surface area contributed by atoms with Crippen LogP contribution in [0.4, 0.5) is 21.0 Å². The molecule has 0 fully saturated rings. The number of carbonyl (C=O) groups excluding carboxylic acids is 2. The van der Waals surface area contributed by atoms with Crippen LogP contribution in [-0.4, -0.2) is 53.3 Å². The SMILES string of the molecule is NS(=O)(=NC(=O)Nc1c2c(cc3c1CCC3)CCC2)c1cnn2c1COCCC2.NS(=O)(=NC(=O)Nc1c2c(cc3c1CCC3)CCC2)c1cnn2c1COCCC2. The Morgan fingerprint density at radius 1 is 0.586 bits per heavy atom. The molecular weight excluding hydrogens is 781 g/mol. The van der Waals surface area contributed by atoms with Gasteiger partial charge in [-0.05, 0) is 134 Å². The van der Waals surface area contributed by atoms with Gasteiger partial charge in [0, 0.05) is 37.7 Å². The van der Waals surface area contributed by atoms with Crippen LogP contribution < -0.4 is 20.9 Å². The van der Waals surface area contributed by atoms with Gasteiger partial charge in [0.2, 0.25) is 0 Å². The number of rotatable bonds is 4. The molecule has 308 valence electrons. The highest BCUT2D eigenvalue weighted by molar-refractivity contribution is 7.92. The minimum absolute atomic E-state index is 0.264. The topological polar surface area (TPSA) is 223 Å². The first-order valence-corrected chi connectivity index (χ1v) is 23.5. The molecule has 6 N–H and O–H groups in total. The van der Waals surface area contributed by atoms with Gasteiger partial charge >= 0.3 is 12.1 Å². The summed E-state index contributed by atoms with van der Waals surface area (Å²) in [6, 6.07) is 3.26. The Morgan fingerprint density at radius 3 is 1.31 bits per heavy atom. The lowest BCUT2D eigenvalue weighted by Crippen LogP contribution is -2.20.